The molecule has 12 heteroatoms. The normalized spacial score (nSPS) is 20.6. The Kier molecular flexibility index (Phi) is 37.8. The Bertz CT molecular complexity index is 1040. The van der Waals surface area contributed by atoms with Crippen LogP contribution in [0, 0.1) is 0 Å². The molecule has 0 bridgehead atoms. The minimum absolute atomic E-state index is 0.254. The quantitative estimate of drug-likeness (QED) is 0.0292. The fourth-order valence-electron chi connectivity index (χ4n) is 8.49. The summed E-state index contributed by atoms with van der Waals surface area (Å²) in [4.78, 5) is 27.5. The molecule has 0 aromatic carbocycles. The third kappa shape index (κ3) is 29.2. The molecular weight excluding hydrogens is 789 g/mol. The van der Waals surface area contributed by atoms with E-state index in [-0.39, 0.29) is 24.8 Å². The monoisotopic (exact) mass is 887 g/mol. The number of nitrogens with zero attached hydrogens (tertiary/aromatic N) is 1. The van der Waals surface area contributed by atoms with Crippen LogP contribution >= 0.6 is 0 Å². The van der Waals surface area contributed by atoms with Gasteiger partial charge in [-0.1, -0.05) is 194 Å². The number of aliphatic hydroxyl groups excluding tert-OH is 6. The predicted molar refractivity (Wildman–Crippen MR) is 250 cm³/mol. The average molecular weight is 887 g/mol. The van der Waals surface area contributed by atoms with Crippen molar-refractivity contribution in [2.24, 2.45) is 0 Å². The summed E-state index contributed by atoms with van der Waals surface area (Å²) < 4.78 is 11.2. The van der Waals surface area contributed by atoms with E-state index in [1.165, 1.54) is 103 Å². The largest absolute Gasteiger partial charge is 0.394 e. The highest BCUT2D eigenvalue weighted by Gasteiger charge is 2.44. The third-order valence-corrected chi connectivity index (χ3v) is 12.9. The van der Waals surface area contributed by atoms with Gasteiger partial charge in [-0.15, -0.1) is 0 Å². The van der Waals surface area contributed by atoms with Crippen molar-refractivity contribution in [1.29, 1.82) is 0 Å². The number of hydrogen-bond acceptors (Lipinski definition) is 10. The van der Waals surface area contributed by atoms with Crippen molar-refractivity contribution < 1.29 is 49.7 Å². The van der Waals surface area contributed by atoms with E-state index in [1.807, 2.05) is 11.9 Å². The number of ether oxygens (including phenoxy) is 2. The van der Waals surface area contributed by atoms with Gasteiger partial charge >= 0.3 is 0 Å². The Labute approximate surface area is 378 Å². The topological polar surface area (TPSA) is 189 Å². The molecule has 1 aliphatic heterocycles. The van der Waals surface area contributed by atoms with Crippen molar-refractivity contribution in [3.8, 4) is 0 Å². The maximum atomic E-state index is 13.1. The number of aliphatic hydroxyl groups is 6. The van der Waals surface area contributed by atoms with E-state index in [0.29, 0.717) is 19.3 Å². The summed E-state index contributed by atoms with van der Waals surface area (Å²) in [6, 6.07) is -1.01. The van der Waals surface area contributed by atoms with Crippen molar-refractivity contribution in [3.63, 3.8) is 0 Å². The summed E-state index contributed by atoms with van der Waals surface area (Å²) >= 11 is 0. The van der Waals surface area contributed by atoms with E-state index in [0.717, 1.165) is 96.4 Å². The van der Waals surface area contributed by atoms with Crippen molar-refractivity contribution in [2.45, 2.75) is 281 Å². The second-order valence-corrected chi connectivity index (χ2v) is 18.6. The molecule has 0 spiro atoms. The van der Waals surface area contributed by atoms with Gasteiger partial charge in [0.25, 0.3) is 0 Å². The number of unbranched alkanes of at least 4 members (excludes halogenated alkanes) is 28. The lowest BCUT2D eigenvalue weighted by Crippen LogP contribution is -2.60. The molecular formula is C50H98N2O10. The van der Waals surface area contributed by atoms with Crippen molar-refractivity contribution in [1.82, 2.24) is 10.2 Å². The van der Waals surface area contributed by atoms with Gasteiger partial charge in [0.15, 0.2) is 6.29 Å². The average Bonchev–Trinajstić information content (AvgIpc) is 3.27. The number of nitrogens with one attached hydrogen (secondary N) is 1. The lowest BCUT2D eigenvalue weighted by Gasteiger charge is -2.40. The minimum atomic E-state index is -1.62. The number of hydrogen-bond donors (Lipinski definition) is 7. The first-order chi connectivity index (χ1) is 30.1. The van der Waals surface area contributed by atoms with Gasteiger partial charge in [-0.05, 0) is 25.7 Å². The van der Waals surface area contributed by atoms with Crippen molar-refractivity contribution >= 4 is 11.8 Å². The SMILES string of the molecule is CCCCCCCCCCCCCCC(O)C(O)C(CO[C@H]1O[C@H](CO)[C@H](O)[C@H](O)[C@H]1O)NC(=O)CCCCCCCCCCCN(C)C(=O)CCCCCCCCCCCC. The Balaban J connectivity index is 2.32. The maximum absolute atomic E-state index is 13.1. The smallest absolute Gasteiger partial charge is 0.222 e. The fourth-order valence-corrected chi connectivity index (χ4v) is 8.49. The number of carbonyl (C=O) groups excluding carboxylic acids is 2. The highest BCUT2D eigenvalue weighted by Crippen LogP contribution is 2.23. The van der Waals surface area contributed by atoms with Crippen molar-refractivity contribution in [2.75, 3.05) is 26.8 Å². The lowest BCUT2D eigenvalue weighted by atomic mass is 9.98. The summed E-state index contributed by atoms with van der Waals surface area (Å²) in [7, 11) is 1.93. The van der Waals surface area contributed by atoms with Crippen LogP contribution in [0.1, 0.15) is 232 Å². The number of amides is 2. The molecule has 3 unspecified atom stereocenters. The van der Waals surface area contributed by atoms with Gasteiger partial charge in [0.2, 0.25) is 11.8 Å². The molecule has 0 radical (unpaired) electrons. The molecule has 0 aromatic heterocycles. The van der Waals surface area contributed by atoms with Crippen LogP contribution in [-0.4, -0.2) is 123 Å². The van der Waals surface area contributed by atoms with E-state index < -0.39 is 55.6 Å². The van der Waals surface area contributed by atoms with Crippen LogP contribution in [-0.2, 0) is 19.1 Å². The minimum Gasteiger partial charge on any atom is -0.394 e. The van der Waals surface area contributed by atoms with Gasteiger partial charge in [-0.3, -0.25) is 9.59 Å². The molecule has 12 nitrogen and oxygen atoms in total. The Morgan fingerprint density at radius 1 is 0.581 bits per heavy atom. The zero-order valence-corrected chi connectivity index (χ0v) is 40.0. The standard InChI is InChI=1S/C50H98N2O10/c1-4-6-8-10-12-14-16-17-19-23-27-31-35-42(54)46(57)41(40-61-50-49(60)48(59)47(58)43(39-53)62-50)51-44(55)36-32-28-24-20-18-22-26-30-34-38-52(3)45(56)37-33-29-25-21-15-13-11-9-7-5-2/h41-43,46-50,53-54,57-60H,4-40H2,1-3H3,(H,51,55)/t41?,42?,43-,46?,47+,48+,49-,50+/m1/s1. The highest BCUT2D eigenvalue weighted by molar-refractivity contribution is 5.76. The molecule has 7 N–H and O–H groups in total. The summed E-state index contributed by atoms with van der Waals surface area (Å²) in [6.45, 7) is 4.39. The molecule has 1 fully saturated rings. The number of rotatable bonds is 43. The number of carbonyl (C=O) groups is 2. The molecule has 1 aliphatic rings. The predicted octanol–water partition coefficient (Wildman–Crippen LogP) is 8.77. The second kappa shape index (κ2) is 39.9. The second-order valence-electron chi connectivity index (χ2n) is 18.6. The molecule has 2 amide bonds. The zero-order valence-electron chi connectivity index (χ0n) is 40.0. The Morgan fingerprint density at radius 2 is 1.00 bits per heavy atom. The van der Waals surface area contributed by atoms with Crippen LogP contribution in [0.5, 0.6) is 0 Å². The van der Waals surface area contributed by atoms with E-state index in [1.54, 1.807) is 0 Å². The Morgan fingerprint density at radius 3 is 1.47 bits per heavy atom. The van der Waals surface area contributed by atoms with Crippen LogP contribution in [0.15, 0.2) is 0 Å². The van der Waals surface area contributed by atoms with Crippen LogP contribution in [0.4, 0.5) is 0 Å². The zero-order chi connectivity index (χ0) is 45.6. The molecule has 62 heavy (non-hydrogen) atoms. The summed E-state index contributed by atoms with van der Waals surface area (Å²) in [5, 5.41) is 65.3. The molecule has 8 atom stereocenters. The molecule has 1 rings (SSSR count). The van der Waals surface area contributed by atoms with E-state index in [4.69, 9.17) is 9.47 Å². The van der Waals surface area contributed by atoms with Gasteiger partial charge in [0.1, 0.15) is 30.5 Å². The summed E-state index contributed by atoms with van der Waals surface area (Å²) in [5.41, 5.74) is 0. The first-order valence-electron chi connectivity index (χ1n) is 25.9. The van der Waals surface area contributed by atoms with Crippen molar-refractivity contribution in [3.05, 3.63) is 0 Å². The van der Waals surface area contributed by atoms with Gasteiger partial charge < -0.3 is 50.3 Å². The van der Waals surface area contributed by atoms with Gasteiger partial charge in [-0.2, -0.15) is 0 Å². The van der Waals surface area contributed by atoms with Crippen LogP contribution in [0.3, 0.4) is 0 Å². The summed E-state index contributed by atoms with van der Waals surface area (Å²) in [5.74, 6) is -0.00932. The molecule has 1 saturated heterocycles. The molecule has 0 aliphatic carbocycles. The fraction of sp³-hybridized carbons (Fsp3) is 0.960. The van der Waals surface area contributed by atoms with Crippen LogP contribution in [0.2, 0.25) is 0 Å². The van der Waals surface area contributed by atoms with Crippen LogP contribution in [0.25, 0.3) is 0 Å². The van der Waals surface area contributed by atoms with E-state index in [2.05, 4.69) is 19.2 Å². The van der Waals surface area contributed by atoms with Crippen LogP contribution < -0.4 is 5.32 Å². The first-order valence-corrected chi connectivity index (χ1v) is 25.9. The van der Waals surface area contributed by atoms with E-state index in [9.17, 15) is 40.2 Å². The first kappa shape index (κ1) is 58.6. The molecule has 0 aromatic rings. The van der Waals surface area contributed by atoms with Gasteiger partial charge in [0, 0.05) is 26.4 Å². The lowest BCUT2D eigenvalue weighted by molar-refractivity contribution is -0.303. The third-order valence-electron chi connectivity index (χ3n) is 12.9. The molecule has 0 saturated carbocycles. The molecule has 1 heterocycles. The maximum Gasteiger partial charge on any atom is 0.222 e. The van der Waals surface area contributed by atoms with Gasteiger partial charge in [-0.25, -0.2) is 0 Å². The summed E-state index contributed by atoms with van der Waals surface area (Å²) in [6.07, 6.45) is 27.8. The highest BCUT2D eigenvalue weighted by atomic mass is 16.7. The Hall–Kier alpha value is -1.38. The molecule has 368 valence electrons. The van der Waals surface area contributed by atoms with E-state index >= 15 is 0 Å². The van der Waals surface area contributed by atoms with Gasteiger partial charge in [0.05, 0.1) is 25.4 Å².